The van der Waals surface area contributed by atoms with E-state index in [9.17, 15) is 10.1 Å². The van der Waals surface area contributed by atoms with Crippen molar-refractivity contribution in [3.8, 4) is 6.07 Å². The molecule has 0 saturated carbocycles. The first-order valence-corrected chi connectivity index (χ1v) is 8.18. The van der Waals surface area contributed by atoms with Crippen LogP contribution in [0.3, 0.4) is 0 Å². The van der Waals surface area contributed by atoms with Gasteiger partial charge >= 0.3 is 0 Å². The van der Waals surface area contributed by atoms with Crippen LogP contribution in [0, 0.1) is 17.2 Å². The van der Waals surface area contributed by atoms with Crippen molar-refractivity contribution in [3.05, 3.63) is 35.9 Å². The number of amides is 1. The molecular weight excluding hydrogens is 268 g/mol. The number of nitrogens with zero attached hydrogens (tertiary/aromatic N) is 2. The van der Waals surface area contributed by atoms with Crippen LogP contribution in [0.4, 0.5) is 0 Å². The van der Waals surface area contributed by atoms with E-state index in [4.69, 9.17) is 0 Å². The molecule has 0 saturated heterocycles. The van der Waals surface area contributed by atoms with Crippen molar-refractivity contribution in [2.45, 2.75) is 25.8 Å². The molecule has 0 aliphatic heterocycles. The fourth-order valence-corrected chi connectivity index (χ4v) is 2.56. The van der Waals surface area contributed by atoms with Crippen molar-refractivity contribution < 1.29 is 4.79 Å². The molecule has 4 heteroatoms. The molecule has 3 nitrogen and oxygen atoms in total. The maximum Gasteiger partial charge on any atom is 0.240 e. The van der Waals surface area contributed by atoms with Gasteiger partial charge in [-0.05, 0) is 37.3 Å². The summed E-state index contributed by atoms with van der Waals surface area (Å²) in [4.78, 5) is 14.1. The quantitative estimate of drug-likeness (QED) is 0.775. The van der Waals surface area contributed by atoms with Crippen molar-refractivity contribution >= 4 is 17.7 Å². The summed E-state index contributed by atoms with van der Waals surface area (Å²) in [6, 6.07) is 12.0. The fraction of sp³-hybridized carbons (Fsp3) is 0.500. The first-order valence-electron chi connectivity index (χ1n) is 6.79. The number of thioether (sulfide) groups is 1. The molecule has 0 bridgehead atoms. The smallest absolute Gasteiger partial charge is 0.240 e. The minimum atomic E-state index is -0.598. The van der Waals surface area contributed by atoms with Gasteiger partial charge in [-0.2, -0.15) is 17.0 Å². The highest BCUT2D eigenvalue weighted by molar-refractivity contribution is 7.98. The topological polar surface area (TPSA) is 44.1 Å². The second kappa shape index (κ2) is 8.65. The molecule has 0 spiro atoms. The Kier molecular flexibility index (Phi) is 7.17. The molecular formula is C16H22N2OS. The number of hydrogen-bond acceptors (Lipinski definition) is 3. The average Bonchev–Trinajstić information content (AvgIpc) is 2.49. The van der Waals surface area contributed by atoms with Gasteiger partial charge in [0.1, 0.15) is 5.92 Å². The van der Waals surface area contributed by atoms with Crippen LogP contribution in [0.2, 0.25) is 0 Å². The van der Waals surface area contributed by atoms with Crippen molar-refractivity contribution in [2.24, 2.45) is 5.92 Å². The minimum Gasteiger partial charge on any atom is -0.342 e. The summed E-state index contributed by atoms with van der Waals surface area (Å²) in [5.41, 5.74) is 1.03. The Morgan fingerprint density at radius 2 is 2.05 bits per heavy atom. The van der Waals surface area contributed by atoms with Crippen LogP contribution in [-0.2, 0) is 11.2 Å². The zero-order valence-corrected chi connectivity index (χ0v) is 13.2. The van der Waals surface area contributed by atoms with Crippen LogP contribution in [-0.4, -0.2) is 35.9 Å². The molecule has 0 radical (unpaired) electrons. The third-order valence-electron chi connectivity index (χ3n) is 3.49. The summed E-state index contributed by atoms with van der Waals surface area (Å²) in [5, 5.41) is 9.26. The van der Waals surface area contributed by atoms with Gasteiger partial charge in [0.05, 0.1) is 6.07 Å². The van der Waals surface area contributed by atoms with Crippen LogP contribution < -0.4 is 0 Å². The number of benzene rings is 1. The van der Waals surface area contributed by atoms with Crippen LogP contribution in [0.15, 0.2) is 30.3 Å². The van der Waals surface area contributed by atoms with Crippen LogP contribution in [0.25, 0.3) is 0 Å². The highest BCUT2D eigenvalue weighted by Crippen LogP contribution is 2.14. The average molecular weight is 290 g/mol. The zero-order valence-electron chi connectivity index (χ0n) is 12.4. The Balaban J connectivity index is 2.65. The molecule has 108 valence electrons. The maximum atomic E-state index is 12.4. The van der Waals surface area contributed by atoms with Gasteiger partial charge in [-0.1, -0.05) is 30.3 Å². The van der Waals surface area contributed by atoms with Crippen LogP contribution in [0.5, 0.6) is 0 Å². The van der Waals surface area contributed by atoms with E-state index in [1.807, 2.05) is 37.3 Å². The molecule has 1 amide bonds. The third kappa shape index (κ3) is 4.90. The summed E-state index contributed by atoms with van der Waals surface area (Å²) < 4.78 is 0. The molecule has 1 aromatic rings. The molecule has 0 aliphatic carbocycles. The second-order valence-electron chi connectivity index (χ2n) is 4.95. The molecule has 2 unspecified atom stereocenters. The standard InChI is InChI=1S/C16H22N2OS/c1-13(9-10-20-3)18(2)16(19)15(12-17)11-14-7-5-4-6-8-14/h4-8,13,15H,9-11H2,1-3H3. The van der Waals surface area contributed by atoms with E-state index < -0.39 is 5.92 Å². The molecule has 2 atom stereocenters. The van der Waals surface area contributed by atoms with Gasteiger partial charge in [0.2, 0.25) is 5.91 Å². The molecule has 20 heavy (non-hydrogen) atoms. The minimum absolute atomic E-state index is 0.0787. The highest BCUT2D eigenvalue weighted by atomic mass is 32.2. The summed E-state index contributed by atoms with van der Waals surface area (Å²) in [7, 11) is 1.79. The van der Waals surface area contributed by atoms with E-state index in [-0.39, 0.29) is 11.9 Å². The largest absolute Gasteiger partial charge is 0.342 e. The molecule has 1 aromatic carbocycles. The van der Waals surface area contributed by atoms with E-state index in [0.29, 0.717) is 6.42 Å². The summed E-state index contributed by atoms with van der Waals surface area (Å²) in [6.45, 7) is 2.03. The number of rotatable bonds is 7. The monoisotopic (exact) mass is 290 g/mol. The third-order valence-corrected chi connectivity index (χ3v) is 4.13. The summed E-state index contributed by atoms with van der Waals surface area (Å²) >= 11 is 1.77. The Morgan fingerprint density at radius 1 is 1.40 bits per heavy atom. The van der Waals surface area contributed by atoms with E-state index in [1.54, 1.807) is 23.7 Å². The summed E-state index contributed by atoms with van der Waals surface area (Å²) in [6.07, 6.45) is 3.49. The molecule has 1 rings (SSSR count). The lowest BCUT2D eigenvalue weighted by Gasteiger charge is -2.26. The van der Waals surface area contributed by atoms with Gasteiger partial charge in [0, 0.05) is 13.1 Å². The first-order chi connectivity index (χ1) is 9.60. The Bertz CT molecular complexity index is 455. The van der Waals surface area contributed by atoms with E-state index in [0.717, 1.165) is 17.7 Å². The fourth-order valence-electron chi connectivity index (χ4n) is 1.98. The lowest BCUT2D eigenvalue weighted by atomic mass is 9.99. The van der Waals surface area contributed by atoms with Gasteiger partial charge in [0.25, 0.3) is 0 Å². The normalized spacial score (nSPS) is 13.3. The van der Waals surface area contributed by atoms with E-state index in [1.165, 1.54) is 0 Å². The first kappa shape index (κ1) is 16.6. The Hall–Kier alpha value is -1.47. The van der Waals surface area contributed by atoms with Gasteiger partial charge in [0.15, 0.2) is 0 Å². The Labute approximate surface area is 126 Å². The van der Waals surface area contributed by atoms with Gasteiger partial charge < -0.3 is 4.90 Å². The SMILES string of the molecule is CSCCC(C)N(C)C(=O)C(C#N)Cc1ccccc1. The van der Waals surface area contributed by atoms with E-state index >= 15 is 0 Å². The van der Waals surface area contributed by atoms with Gasteiger partial charge in [-0.3, -0.25) is 4.79 Å². The lowest BCUT2D eigenvalue weighted by Crippen LogP contribution is -2.39. The van der Waals surface area contributed by atoms with Crippen molar-refractivity contribution in [3.63, 3.8) is 0 Å². The van der Waals surface area contributed by atoms with Crippen LogP contribution in [0.1, 0.15) is 18.9 Å². The lowest BCUT2D eigenvalue weighted by molar-refractivity contribution is -0.134. The highest BCUT2D eigenvalue weighted by Gasteiger charge is 2.24. The number of nitriles is 1. The van der Waals surface area contributed by atoms with Crippen molar-refractivity contribution in [1.29, 1.82) is 5.26 Å². The molecule has 0 N–H and O–H groups in total. The van der Waals surface area contributed by atoms with Crippen LogP contribution >= 0.6 is 11.8 Å². The molecule has 0 aromatic heterocycles. The summed E-state index contributed by atoms with van der Waals surface area (Å²) in [5.74, 6) is 0.346. The predicted molar refractivity (Wildman–Crippen MR) is 84.5 cm³/mol. The van der Waals surface area contributed by atoms with E-state index in [2.05, 4.69) is 12.3 Å². The second-order valence-corrected chi connectivity index (χ2v) is 5.94. The number of carbonyl (C=O) groups is 1. The molecule has 0 heterocycles. The van der Waals surface area contributed by atoms with Crippen molar-refractivity contribution in [1.82, 2.24) is 4.90 Å². The number of carbonyl (C=O) groups excluding carboxylic acids is 1. The van der Waals surface area contributed by atoms with Crippen molar-refractivity contribution in [2.75, 3.05) is 19.1 Å². The molecule has 0 fully saturated rings. The predicted octanol–water partition coefficient (Wildman–Crippen LogP) is 2.97. The Morgan fingerprint density at radius 3 is 2.60 bits per heavy atom. The zero-order chi connectivity index (χ0) is 15.0. The maximum absolute atomic E-state index is 12.4. The van der Waals surface area contributed by atoms with Gasteiger partial charge in [-0.25, -0.2) is 0 Å². The van der Waals surface area contributed by atoms with Gasteiger partial charge in [-0.15, -0.1) is 0 Å². The molecule has 0 aliphatic rings. The number of hydrogen-bond donors (Lipinski definition) is 0.